The summed E-state index contributed by atoms with van der Waals surface area (Å²) in [6.07, 6.45) is 2.92. The highest BCUT2D eigenvalue weighted by Crippen LogP contribution is 2.28. The fourth-order valence-electron chi connectivity index (χ4n) is 3.06. The number of hydrogen-bond donors (Lipinski definition) is 1. The Bertz CT molecular complexity index is 796. The molecule has 0 amide bonds. The molecule has 2 aromatic carbocycles. The first-order valence-electron chi connectivity index (χ1n) is 9.52. The van der Waals surface area contributed by atoms with E-state index in [0.717, 1.165) is 30.6 Å². The van der Waals surface area contributed by atoms with Gasteiger partial charge in [0.25, 0.3) is 0 Å². The number of sulfonamides is 1. The maximum absolute atomic E-state index is 12.5. The summed E-state index contributed by atoms with van der Waals surface area (Å²) < 4.78 is 33.0. The summed E-state index contributed by atoms with van der Waals surface area (Å²) in [5.74, 6) is 1.77. The molecule has 1 atom stereocenters. The smallest absolute Gasteiger partial charge is 0.240 e. The van der Waals surface area contributed by atoms with Gasteiger partial charge in [0.1, 0.15) is 5.75 Å². The van der Waals surface area contributed by atoms with E-state index in [-0.39, 0.29) is 0 Å². The van der Waals surface area contributed by atoms with Crippen molar-refractivity contribution < 1.29 is 13.2 Å². The van der Waals surface area contributed by atoms with E-state index in [1.807, 2.05) is 31.2 Å². The van der Waals surface area contributed by atoms with Gasteiger partial charge in [0, 0.05) is 6.54 Å². The fourth-order valence-corrected chi connectivity index (χ4v) is 4.10. The monoisotopic (exact) mass is 389 g/mol. The van der Waals surface area contributed by atoms with Crippen molar-refractivity contribution >= 4 is 10.0 Å². The predicted molar refractivity (Wildman–Crippen MR) is 111 cm³/mol. The summed E-state index contributed by atoms with van der Waals surface area (Å²) in [4.78, 5) is 0.316. The first kappa shape index (κ1) is 21.5. The van der Waals surface area contributed by atoms with Gasteiger partial charge in [0.15, 0.2) is 0 Å². The molecule has 0 aliphatic carbocycles. The third-order valence-corrected chi connectivity index (χ3v) is 6.27. The molecule has 4 nitrogen and oxygen atoms in total. The van der Waals surface area contributed by atoms with E-state index in [1.165, 1.54) is 5.56 Å². The minimum absolute atomic E-state index is 0.316. The average Bonchev–Trinajstić information content (AvgIpc) is 2.64. The van der Waals surface area contributed by atoms with Crippen LogP contribution in [-0.4, -0.2) is 22.1 Å². The topological polar surface area (TPSA) is 55.4 Å². The van der Waals surface area contributed by atoms with Gasteiger partial charge in [-0.25, -0.2) is 13.1 Å². The lowest BCUT2D eigenvalue weighted by Gasteiger charge is -2.19. The SMILES string of the molecule is COc1ccc([C@H](CCNS(=O)(=O)c2ccc(C)cc2)CCC(C)C)cc1. The van der Waals surface area contributed by atoms with Gasteiger partial charge in [-0.05, 0) is 61.4 Å². The second kappa shape index (κ2) is 9.90. The molecule has 0 spiro atoms. The van der Waals surface area contributed by atoms with Crippen molar-refractivity contribution in [2.75, 3.05) is 13.7 Å². The maximum atomic E-state index is 12.5. The van der Waals surface area contributed by atoms with Gasteiger partial charge in [-0.2, -0.15) is 0 Å². The Labute approximate surface area is 164 Å². The van der Waals surface area contributed by atoms with Crippen molar-refractivity contribution in [1.82, 2.24) is 4.72 Å². The number of rotatable bonds is 10. The summed E-state index contributed by atoms with van der Waals surface area (Å²) in [5.41, 5.74) is 2.27. The summed E-state index contributed by atoms with van der Waals surface area (Å²) in [6.45, 7) is 6.79. The first-order valence-corrected chi connectivity index (χ1v) is 11.0. The minimum Gasteiger partial charge on any atom is -0.497 e. The first-order chi connectivity index (χ1) is 12.8. The lowest BCUT2D eigenvalue weighted by molar-refractivity contribution is 0.414. The van der Waals surface area contributed by atoms with Crippen LogP contribution in [0.3, 0.4) is 0 Å². The van der Waals surface area contributed by atoms with Crippen molar-refractivity contribution in [3.8, 4) is 5.75 Å². The highest BCUT2D eigenvalue weighted by molar-refractivity contribution is 7.89. The standard InChI is InChI=1S/C22H31NO3S/c1-17(2)5-8-20(19-9-11-21(26-4)12-10-19)15-16-23-27(24,25)22-13-6-18(3)7-14-22/h6-7,9-14,17,20,23H,5,8,15-16H2,1-4H3/t20-/m0/s1. The van der Waals surface area contributed by atoms with E-state index >= 15 is 0 Å². The van der Waals surface area contributed by atoms with Gasteiger partial charge in [0.05, 0.1) is 12.0 Å². The second-order valence-corrected chi connectivity index (χ2v) is 9.21. The Morgan fingerprint density at radius 1 is 0.926 bits per heavy atom. The molecular formula is C22H31NO3S. The van der Waals surface area contributed by atoms with Crippen LogP contribution in [0.25, 0.3) is 0 Å². The van der Waals surface area contributed by atoms with Crippen LogP contribution in [-0.2, 0) is 10.0 Å². The largest absolute Gasteiger partial charge is 0.497 e. The van der Waals surface area contributed by atoms with Crippen LogP contribution in [0, 0.1) is 12.8 Å². The summed E-state index contributed by atoms with van der Waals surface area (Å²) in [7, 11) is -1.81. The van der Waals surface area contributed by atoms with Crippen LogP contribution in [0.1, 0.15) is 50.2 Å². The van der Waals surface area contributed by atoms with Crippen LogP contribution in [0.15, 0.2) is 53.4 Å². The minimum atomic E-state index is -3.47. The van der Waals surface area contributed by atoms with Gasteiger partial charge >= 0.3 is 0 Å². The van der Waals surface area contributed by atoms with Gasteiger partial charge < -0.3 is 4.74 Å². The number of benzene rings is 2. The third kappa shape index (κ3) is 6.67. The Morgan fingerprint density at radius 2 is 1.56 bits per heavy atom. The summed E-state index contributed by atoms with van der Waals surface area (Å²) in [5, 5.41) is 0. The lowest BCUT2D eigenvalue weighted by atomic mass is 9.89. The molecular weight excluding hydrogens is 358 g/mol. The number of nitrogens with one attached hydrogen (secondary N) is 1. The van der Waals surface area contributed by atoms with E-state index in [0.29, 0.717) is 23.3 Å². The summed E-state index contributed by atoms with van der Waals surface area (Å²) >= 11 is 0. The number of hydrogen-bond acceptors (Lipinski definition) is 3. The van der Waals surface area contributed by atoms with E-state index in [4.69, 9.17) is 4.74 Å². The third-order valence-electron chi connectivity index (χ3n) is 4.80. The van der Waals surface area contributed by atoms with Crippen molar-refractivity contribution in [1.29, 1.82) is 0 Å². The zero-order valence-electron chi connectivity index (χ0n) is 16.7. The van der Waals surface area contributed by atoms with Gasteiger partial charge in [-0.1, -0.05) is 50.1 Å². The zero-order chi connectivity index (χ0) is 19.9. The quantitative estimate of drug-likeness (QED) is 0.629. The fraction of sp³-hybridized carbons (Fsp3) is 0.455. The molecule has 0 fully saturated rings. The second-order valence-electron chi connectivity index (χ2n) is 7.44. The Hall–Kier alpha value is -1.85. The number of aryl methyl sites for hydroxylation is 1. The molecule has 5 heteroatoms. The predicted octanol–water partition coefficient (Wildman–Crippen LogP) is 4.89. The summed E-state index contributed by atoms with van der Waals surface area (Å²) in [6, 6.07) is 15.0. The Kier molecular flexibility index (Phi) is 7.87. The maximum Gasteiger partial charge on any atom is 0.240 e. The molecule has 0 aliphatic heterocycles. The molecule has 0 bridgehead atoms. The molecule has 0 unspecified atom stereocenters. The number of methoxy groups -OCH3 is 1. The molecule has 0 saturated heterocycles. The van der Waals surface area contributed by atoms with E-state index in [2.05, 4.69) is 30.7 Å². The zero-order valence-corrected chi connectivity index (χ0v) is 17.6. The highest BCUT2D eigenvalue weighted by Gasteiger charge is 2.17. The molecule has 2 rings (SSSR count). The molecule has 148 valence electrons. The van der Waals surface area contributed by atoms with Gasteiger partial charge in [-0.15, -0.1) is 0 Å². The van der Waals surface area contributed by atoms with Gasteiger partial charge in [0.2, 0.25) is 10.0 Å². The normalized spacial score (nSPS) is 12.9. The van der Waals surface area contributed by atoms with Crippen LogP contribution < -0.4 is 9.46 Å². The van der Waals surface area contributed by atoms with E-state index in [1.54, 1.807) is 19.2 Å². The Balaban J connectivity index is 2.02. The molecule has 0 saturated carbocycles. The van der Waals surface area contributed by atoms with Crippen molar-refractivity contribution in [2.24, 2.45) is 5.92 Å². The van der Waals surface area contributed by atoms with E-state index < -0.39 is 10.0 Å². The van der Waals surface area contributed by atoms with Crippen LogP contribution in [0.4, 0.5) is 0 Å². The van der Waals surface area contributed by atoms with E-state index in [9.17, 15) is 8.42 Å². The number of ether oxygens (including phenoxy) is 1. The van der Waals surface area contributed by atoms with Crippen molar-refractivity contribution in [3.05, 3.63) is 59.7 Å². The molecule has 0 aliphatic rings. The van der Waals surface area contributed by atoms with Crippen LogP contribution >= 0.6 is 0 Å². The molecule has 1 N–H and O–H groups in total. The Morgan fingerprint density at radius 3 is 2.11 bits per heavy atom. The molecule has 27 heavy (non-hydrogen) atoms. The molecule has 2 aromatic rings. The van der Waals surface area contributed by atoms with Crippen LogP contribution in [0.2, 0.25) is 0 Å². The van der Waals surface area contributed by atoms with Crippen molar-refractivity contribution in [3.63, 3.8) is 0 Å². The van der Waals surface area contributed by atoms with Crippen LogP contribution in [0.5, 0.6) is 5.75 Å². The molecule has 0 radical (unpaired) electrons. The average molecular weight is 390 g/mol. The lowest BCUT2D eigenvalue weighted by Crippen LogP contribution is -2.26. The van der Waals surface area contributed by atoms with Crippen molar-refractivity contribution in [2.45, 2.75) is 50.8 Å². The molecule has 0 heterocycles. The molecule has 0 aromatic heterocycles. The van der Waals surface area contributed by atoms with Gasteiger partial charge in [-0.3, -0.25) is 0 Å². The highest BCUT2D eigenvalue weighted by atomic mass is 32.2.